The lowest BCUT2D eigenvalue weighted by molar-refractivity contribution is 0.0944. The minimum absolute atomic E-state index is 0.0453. The van der Waals surface area contributed by atoms with Gasteiger partial charge in [0.25, 0.3) is 11.5 Å². The van der Waals surface area contributed by atoms with Crippen molar-refractivity contribution >= 4 is 11.6 Å². The van der Waals surface area contributed by atoms with Gasteiger partial charge in [0.1, 0.15) is 11.4 Å². The number of nitrogens with two attached hydrogens (primary N) is 1. The number of aromatic nitrogens is 2. The first-order valence-corrected chi connectivity index (χ1v) is 5.47. The highest BCUT2D eigenvalue weighted by atomic mass is 16.3. The van der Waals surface area contributed by atoms with Crippen LogP contribution in [0.5, 0.6) is 5.75 Å². The normalized spacial score (nSPS) is 10.1. The van der Waals surface area contributed by atoms with Crippen LogP contribution in [-0.4, -0.2) is 21.2 Å². The summed E-state index contributed by atoms with van der Waals surface area (Å²) in [6.07, 6.45) is 0. The first-order chi connectivity index (χ1) is 9.06. The Bertz CT molecular complexity index is 646. The van der Waals surface area contributed by atoms with Crippen LogP contribution in [0.1, 0.15) is 16.1 Å². The van der Waals surface area contributed by atoms with Crippen molar-refractivity contribution in [1.29, 1.82) is 0 Å². The second kappa shape index (κ2) is 5.21. The number of anilines is 1. The number of benzene rings is 1. The molecule has 0 bridgehead atoms. The van der Waals surface area contributed by atoms with Crippen LogP contribution < -0.4 is 16.6 Å². The Morgan fingerprint density at radius 3 is 2.84 bits per heavy atom. The van der Waals surface area contributed by atoms with Crippen LogP contribution >= 0.6 is 0 Å². The number of phenols is 1. The number of nitrogens with one attached hydrogen (secondary N) is 2. The number of rotatable bonds is 3. The standard InChI is InChI=1S/C12H12N4O3/c13-8-1-3-10(17)7(5-8)6-14-12(19)9-2-4-11(18)16-15-9/h1-5,17H,6,13H2,(H,14,19)(H,16,18). The molecule has 0 aliphatic rings. The number of hydrogen-bond donors (Lipinski definition) is 4. The van der Waals surface area contributed by atoms with Gasteiger partial charge in [0, 0.05) is 23.9 Å². The van der Waals surface area contributed by atoms with Crippen molar-refractivity contribution in [2.24, 2.45) is 0 Å². The van der Waals surface area contributed by atoms with E-state index in [0.717, 1.165) is 0 Å². The van der Waals surface area contributed by atoms with Gasteiger partial charge in [-0.05, 0) is 24.3 Å². The van der Waals surface area contributed by atoms with Gasteiger partial charge < -0.3 is 16.2 Å². The number of carbonyl (C=O) groups is 1. The predicted molar refractivity (Wildman–Crippen MR) is 68.5 cm³/mol. The molecule has 0 fully saturated rings. The van der Waals surface area contributed by atoms with Crippen LogP contribution in [0, 0.1) is 0 Å². The molecular weight excluding hydrogens is 248 g/mol. The molecule has 1 amide bonds. The van der Waals surface area contributed by atoms with Crippen LogP contribution in [0.15, 0.2) is 35.1 Å². The number of aromatic hydroxyl groups is 1. The van der Waals surface area contributed by atoms with Crippen LogP contribution in [0.3, 0.4) is 0 Å². The molecule has 1 aromatic carbocycles. The van der Waals surface area contributed by atoms with E-state index in [2.05, 4.69) is 15.5 Å². The maximum Gasteiger partial charge on any atom is 0.271 e. The number of hydrogen-bond acceptors (Lipinski definition) is 5. The number of phenolic OH excluding ortho intramolecular Hbond substituents is 1. The Hall–Kier alpha value is -2.83. The molecule has 0 unspecified atom stereocenters. The van der Waals surface area contributed by atoms with Gasteiger partial charge in [0.2, 0.25) is 0 Å². The van der Waals surface area contributed by atoms with Crippen LogP contribution in [0.4, 0.5) is 5.69 Å². The highest BCUT2D eigenvalue weighted by Gasteiger charge is 2.08. The maximum absolute atomic E-state index is 11.7. The van der Waals surface area contributed by atoms with E-state index in [9.17, 15) is 14.7 Å². The molecule has 0 aliphatic heterocycles. The first-order valence-electron chi connectivity index (χ1n) is 5.47. The SMILES string of the molecule is Nc1ccc(O)c(CNC(=O)c2ccc(=O)[nH]n2)c1. The van der Waals surface area contributed by atoms with Crippen molar-refractivity contribution in [2.75, 3.05) is 5.73 Å². The molecule has 7 heteroatoms. The first kappa shape index (κ1) is 12.6. The van der Waals surface area contributed by atoms with Crippen LogP contribution in [0.2, 0.25) is 0 Å². The highest BCUT2D eigenvalue weighted by molar-refractivity contribution is 5.91. The molecule has 1 heterocycles. The second-order valence-electron chi connectivity index (χ2n) is 3.88. The third-order valence-corrected chi connectivity index (χ3v) is 2.45. The molecule has 2 rings (SSSR count). The topological polar surface area (TPSA) is 121 Å². The number of nitrogen functional groups attached to an aromatic ring is 1. The summed E-state index contributed by atoms with van der Waals surface area (Å²) in [6, 6.07) is 7.10. The molecule has 0 saturated carbocycles. The number of amides is 1. The lowest BCUT2D eigenvalue weighted by Gasteiger charge is -2.07. The fourth-order valence-electron chi connectivity index (χ4n) is 1.48. The summed E-state index contributed by atoms with van der Waals surface area (Å²) in [5, 5.41) is 17.9. The fraction of sp³-hybridized carbons (Fsp3) is 0.0833. The van der Waals surface area contributed by atoms with E-state index in [1.165, 1.54) is 18.2 Å². The molecule has 0 radical (unpaired) electrons. The van der Waals surface area contributed by atoms with E-state index in [1.54, 1.807) is 12.1 Å². The largest absolute Gasteiger partial charge is 0.508 e. The van der Waals surface area contributed by atoms with Crippen molar-refractivity contribution in [2.45, 2.75) is 6.54 Å². The van der Waals surface area contributed by atoms with Gasteiger partial charge in [-0.15, -0.1) is 0 Å². The van der Waals surface area contributed by atoms with Crippen molar-refractivity contribution in [3.8, 4) is 5.75 Å². The summed E-state index contributed by atoms with van der Waals surface area (Å²) in [6.45, 7) is 0.108. The average molecular weight is 260 g/mol. The Balaban J connectivity index is 2.06. The van der Waals surface area contributed by atoms with Gasteiger partial charge in [-0.3, -0.25) is 9.59 Å². The molecular formula is C12H12N4O3. The van der Waals surface area contributed by atoms with Gasteiger partial charge in [-0.1, -0.05) is 0 Å². The average Bonchev–Trinajstić information content (AvgIpc) is 2.40. The fourth-order valence-corrected chi connectivity index (χ4v) is 1.48. The van der Waals surface area contributed by atoms with Crippen LogP contribution in [-0.2, 0) is 6.54 Å². The highest BCUT2D eigenvalue weighted by Crippen LogP contribution is 2.19. The number of carbonyl (C=O) groups excluding carboxylic acids is 1. The Labute approximate surface area is 108 Å². The summed E-state index contributed by atoms with van der Waals surface area (Å²) >= 11 is 0. The molecule has 98 valence electrons. The lowest BCUT2D eigenvalue weighted by atomic mass is 10.2. The molecule has 2 aromatic rings. The summed E-state index contributed by atoms with van der Waals surface area (Å²) in [7, 11) is 0. The Morgan fingerprint density at radius 1 is 1.37 bits per heavy atom. The number of H-pyrrole nitrogens is 1. The van der Waals surface area contributed by atoms with E-state index in [-0.39, 0.29) is 23.5 Å². The van der Waals surface area contributed by atoms with Crippen molar-refractivity contribution in [3.63, 3.8) is 0 Å². The summed E-state index contributed by atoms with van der Waals surface area (Å²) in [4.78, 5) is 22.5. The van der Waals surface area contributed by atoms with E-state index in [4.69, 9.17) is 5.73 Å². The zero-order chi connectivity index (χ0) is 13.8. The molecule has 0 atom stereocenters. The quantitative estimate of drug-likeness (QED) is 0.456. The van der Waals surface area contributed by atoms with Crippen LogP contribution in [0.25, 0.3) is 0 Å². The zero-order valence-corrected chi connectivity index (χ0v) is 9.88. The van der Waals surface area contributed by atoms with Gasteiger partial charge in [0.15, 0.2) is 0 Å². The van der Waals surface area contributed by atoms with Crippen molar-refractivity contribution < 1.29 is 9.90 Å². The lowest BCUT2D eigenvalue weighted by Crippen LogP contribution is -2.25. The minimum atomic E-state index is -0.460. The van der Waals surface area contributed by atoms with Gasteiger partial charge in [-0.2, -0.15) is 5.10 Å². The minimum Gasteiger partial charge on any atom is -0.508 e. The Kier molecular flexibility index (Phi) is 3.46. The third kappa shape index (κ3) is 3.09. The molecule has 0 saturated heterocycles. The van der Waals surface area contributed by atoms with Gasteiger partial charge in [0.05, 0.1) is 0 Å². The predicted octanol–water partition coefficient (Wildman–Crippen LogP) is -0.0123. The molecule has 0 aliphatic carbocycles. The molecule has 19 heavy (non-hydrogen) atoms. The molecule has 0 spiro atoms. The van der Waals surface area contributed by atoms with Crippen molar-refractivity contribution in [1.82, 2.24) is 15.5 Å². The van der Waals surface area contributed by atoms with E-state index in [1.807, 2.05) is 0 Å². The van der Waals surface area contributed by atoms with E-state index in [0.29, 0.717) is 11.3 Å². The van der Waals surface area contributed by atoms with E-state index < -0.39 is 5.91 Å². The molecule has 5 N–H and O–H groups in total. The summed E-state index contributed by atoms with van der Waals surface area (Å²) in [5.41, 5.74) is 6.28. The number of nitrogens with zero attached hydrogens (tertiary/aromatic N) is 1. The smallest absolute Gasteiger partial charge is 0.271 e. The Morgan fingerprint density at radius 2 is 2.16 bits per heavy atom. The third-order valence-electron chi connectivity index (χ3n) is 2.45. The number of aromatic amines is 1. The van der Waals surface area contributed by atoms with E-state index >= 15 is 0 Å². The van der Waals surface area contributed by atoms with Gasteiger partial charge >= 0.3 is 0 Å². The second-order valence-corrected chi connectivity index (χ2v) is 3.88. The monoisotopic (exact) mass is 260 g/mol. The summed E-state index contributed by atoms with van der Waals surface area (Å²) < 4.78 is 0. The van der Waals surface area contributed by atoms with Gasteiger partial charge in [-0.25, -0.2) is 5.10 Å². The molecule has 1 aromatic heterocycles. The summed E-state index contributed by atoms with van der Waals surface area (Å²) in [5.74, 6) is -0.415. The maximum atomic E-state index is 11.7. The zero-order valence-electron chi connectivity index (χ0n) is 9.88. The van der Waals surface area contributed by atoms with Crippen molar-refractivity contribution in [3.05, 3.63) is 51.9 Å². The molecule has 7 nitrogen and oxygen atoms in total.